The molecule has 0 saturated heterocycles. The predicted molar refractivity (Wildman–Crippen MR) is 66.9 cm³/mol. The van der Waals surface area contributed by atoms with Crippen molar-refractivity contribution in [3.8, 4) is 0 Å². The molecule has 1 aromatic carbocycles. The zero-order valence-electron chi connectivity index (χ0n) is 7.92. The van der Waals surface area contributed by atoms with Crippen LogP contribution in [0.4, 0.5) is 5.69 Å². The summed E-state index contributed by atoms with van der Waals surface area (Å²) in [6.07, 6.45) is 1.12. The number of halogens is 2. The highest BCUT2D eigenvalue weighted by Crippen LogP contribution is 2.26. The molecule has 15 heavy (non-hydrogen) atoms. The van der Waals surface area contributed by atoms with E-state index in [9.17, 15) is 4.79 Å². The Morgan fingerprint density at radius 1 is 1.47 bits per heavy atom. The Morgan fingerprint density at radius 2 is 2.13 bits per heavy atom. The van der Waals surface area contributed by atoms with Gasteiger partial charge in [0.2, 0.25) is 0 Å². The highest BCUT2D eigenvalue weighted by molar-refractivity contribution is 9.11. The summed E-state index contributed by atoms with van der Waals surface area (Å²) in [5.41, 5.74) is 0.645. The lowest BCUT2D eigenvalue weighted by molar-refractivity contribution is -0.112. The van der Waals surface area contributed by atoms with Crippen LogP contribution in [0.2, 0.25) is 0 Å². The van der Waals surface area contributed by atoms with E-state index in [-0.39, 0.29) is 11.7 Å². The van der Waals surface area contributed by atoms with Crippen molar-refractivity contribution in [2.24, 2.45) is 0 Å². The normalized spacial score (nSPS) is 11.3. The highest BCUT2D eigenvalue weighted by Gasteiger charge is 2.04. The minimum absolute atomic E-state index is 0.0291. The second kappa shape index (κ2) is 5.32. The van der Waals surface area contributed by atoms with E-state index in [2.05, 4.69) is 37.2 Å². The zero-order chi connectivity index (χ0) is 11.4. The molecule has 0 aliphatic heterocycles. The smallest absolute Gasteiger partial charge is 0.251 e. The van der Waals surface area contributed by atoms with Crippen molar-refractivity contribution in [3.05, 3.63) is 39.0 Å². The van der Waals surface area contributed by atoms with Crippen molar-refractivity contribution in [3.63, 3.8) is 0 Å². The SMILES string of the molecule is C/C(O)=C/C(=O)Nc1cc(Br)ccc1Br. The molecular formula is C10H9Br2NO2. The maximum Gasteiger partial charge on any atom is 0.251 e. The monoisotopic (exact) mass is 333 g/mol. The molecule has 0 aliphatic carbocycles. The number of aliphatic hydroxyl groups excluding tert-OH is 1. The fraction of sp³-hybridized carbons (Fsp3) is 0.100. The third-order valence-electron chi connectivity index (χ3n) is 1.53. The average molecular weight is 335 g/mol. The molecule has 3 nitrogen and oxygen atoms in total. The molecule has 80 valence electrons. The Bertz CT molecular complexity index is 412. The van der Waals surface area contributed by atoms with E-state index in [1.807, 2.05) is 12.1 Å². The molecule has 1 aromatic rings. The van der Waals surface area contributed by atoms with Crippen molar-refractivity contribution in [2.45, 2.75) is 6.92 Å². The lowest BCUT2D eigenvalue weighted by Gasteiger charge is -2.05. The quantitative estimate of drug-likeness (QED) is 0.641. The Labute approximate surface area is 104 Å². The molecule has 5 heteroatoms. The number of carbonyl (C=O) groups is 1. The zero-order valence-corrected chi connectivity index (χ0v) is 11.1. The third kappa shape index (κ3) is 4.05. The van der Waals surface area contributed by atoms with Crippen LogP contribution in [0, 0.1) is 0 Å². The van der Waals surface area contributed by atoms with Crippen LogP contribution in [-0.4, -0.2) is 11.0 Å². The van der Waals surface area contributed by atoms with Crippen LogP contribution in [0.5, 0.6) is 0 Å². The van der Waals surface area contributed by atoms with Gasteiger partial charge >= 0.3 is 0 Å². The first-order chi connectivity index (χ1) is 6.99. The van der Waals surface area contributed by atoms with Crippen LogP contribution >= 0.6 is 31.9 Å². The number of nitrogens with one attached hydrogen (secondary N) is 1. The molecule has 0 heterocycles. The molecule has 0 aromatic heterocycles. The van der Waals surface area contributed by atoms with Crippen LogP contribution in [0.15, 0.2) is 39.0 Å². The van der Waals surface area contributed by atoms with Gasteiger partial charge < -0.3 is 10.4 Å². The van der Waals surface area contributed by atoms with Gasteiger partial charge in [-0.3, -0.25) is 4.79 Å². The van der Waals surface area contributed by atoms with E-state index in [1.54, 1.807) is 6.07 Å². The van der Waals surface area contributed by atoms with Crippen molar-refractivity contribution in [1.29, 1.82) is 0 Å². The summed E-state index contributed by atoms with van der Waals surface area (Å²) >= 11 is 6.61. The number of amides is 1. The molecule has 0 saturated carbocycles. The molecule has 1 amide bonds. The first kappa shape index (κ1) is 12.3. The van der Waals surface area contributed by atoms with E-state index in [1.165, 1.54) is 6.92 Å². The van der Waals surface area contributed by atoms with Gasteiger partial charge in [0.1, 0.15) is 0 Å². The van der Waals surface area contributed by atoms with Crippen LogP contribution in [-0.2, 0) is 4.79 Å². The van der Waals surface area contributed by atoms with Gasteiger partial charge in [-0.25, -0.2) is 0 Å². The Hall–Kier alpha value is -0.810. The lowest BCUT2D eigenvalue weighted by atomic mass is 10.3. The number of benzene rings is 1. The molecule has 0 atom stereocenters. The molecule has 0 unspecified atom stereocenters. The summed E-state index contributed by atoms with van der Waals surface area (Å²) in [5.74, 6) is -0.396. The molecule has 2 N–H and O–H groups in total. The Morgan fingerprint density at radius 3 is 2.73 bits per heavy atom. The van der Waals surface area contributed by atoms with Gasteiger partial charge in [0, 0.05) is 15.0 Å². The van der Waals surface area contributed by atoms with Gasteiger partial charge in [-0.2, -0.15) is 0 Å². The summed E-state index contributed by atoms with van der Waals surface area (Å²) in [7, 11) is 0. The number of allylic oxidation sites excluding steroid dienone is 1. The molecule has 0 bridgehead atoms. The first-order valence-corrected chi connectivity index (χ1v) is 5.71. The molecule has 0 radical (unpaired) electrons. The van der Waals surface area contributed by atoms with Crippen LogP contribution in [0.25, 0.3) is 0 Å². The number of anilines is 1. The van der Waals surface area contributed by atoms with Crippen molar-refractivity contribution in [2.75, 3.05) is 5.32 Å². The molecule has 0 aliphatic rings. The van der Waals surface area contributed by atoms with Gasteiger partial charge in [0.15, 0.2) is 0 Å². The van der Waals surface area contributed by atoms with Crippen LogP contribution in [0.1, 0.15) is 6.92 Å². The summed E-state index contributed by atoms with van der Waals surface area (Å²) in [4.78, 5) is 11.3. The summed E-state index contributed by atoms with van der Waals surface area (Å²) in [6, 6.07) is 5.44. The van der Waals surface area contributed by atoms with E-state index < -0.39 is 0 Å². The predicted octanol–water partition coefficient (Wildman–Crippen LogP) is 3.61. The maximum atomic E-state index is 11.3. The summed E-state index contributed by atoms with van der Waals surface area (Å²) in [5, 5.41) is 11.5. The summed E-state index contributed by atoms with van der Waals surface area (Å²) < 4.78 is 1.65. The van der Waals surface area contributed by atoms with E-state index >= 15 is 0 Å². The van der Waals surface area contributed by atoms with Gasteiger partial charge in [-0.05, 0) is 41.1 Å². The summed E-state index contributed by atoms with van der Waals surface area (Å²) in [6.45, 7) is 1.44. The second-order valence-corrected chi connectivity index (χ2v) is 4.67. The number of carbonyl (C=O) groups excluding carboxylic acids is 1. The number of hydrogen-bond acceptors (Lipinski definition) is 2. The van der Waals surface area contributed by atoms with Gasteiger partial charge in [0.25, 0.3) is 5.91 Å². The van der Waals surface area contributed by atoms with E-state index in [4.69, 9.17) is 5.11 Å². The fourth-order valence-electron chi connectivity index (χ4n) is 0.952. The maximum absolute atomic E-state index is 11.3. The topological polar surface area (TPSA) is 49.3 Å². The Kier molecular flexibility index (Phi) is 4.35. The standard InChI is InChI=1S/C10H9Br2NO2/c1-6(14)4-10(15)13-9-5-7(11)2-3-8(9)12/h2-5,14H,1H3,(H,13,15)/b6-4-. The second-order valence-electron chi connectivity index (χ2n) is 2.90. The van der Waals surface area contributed by atoms with Crippen molar-refractivity contribution in [1.82, 2.24) is 0 Å². The van der Waals surface area contributed by atoms with Gasteiger partial charge in [-0.15, -0.1) is 0 Å². The molecule has 0 spiro atoms. The lowest BCUT2D eigenvalue weighted by Crippen LogP contribution is -2.09. The van der Waals surface area contributed by atoms with E-state index in [0.29, 0.717) is 5.69 Å². The molecular weight excluding hydrogens is 326 g/mol. The van der Waals surface area contributed by atoms with Crippen LogP contribution < -0.4 is 5.32 Å². The number of hydrogen-bond donors (Lipinski definition) is 2. The van der Waals surface area contributed by atoms with Gasteiger partial charge in [-0.1, -0.05) is 15.9 Å². The molecule has 0 fully saturated rings. The minimum Gasteiger partial charge on any atom is -0.512 e. The van der Waals surface area contributed by atoms with E-state index in [0.717, 1.165) is 15.0 Å². The number of aliphatic hydroxyl groups is 1. The van der Waals surface area contributed by atoms with Crippen molar-refractivity contribution >= 4 is 43.5 Å². The average Bonchev–Trinajstić information content (AvgIpc) is 2.10. The third-order valence-corrected chi connectivity index (χ3v) is 2.71. The number of rotatable bonds is 2. The Balaban J connectivity index is 2.85. The van der Waals surface area contributed by atoms with Crippen LogP contribution in [0.3, 0.4) is 0 Å². The van der Waals surface area contributed by atoms with Crippen molar-refractivity contribution < 1.29 is 9.90 Å². The first-order valence-electron chi connectivity index (χ1n) is 4.12. The highest BCUT2D eigenvalue weighted by atomic mass is 79.9. The largest absolute Gasteiger partial charge is 0.512 e. The minimum atomic E-state index is -0.367. The van der Waals surface area contributed by atoms with Gasteiger partial charge in [0.05, 0.1) is 11.4 Å². The molecule has 1 rings (SSSR count). The fourth-order valence-corrected chi connectivity index (χ4v) is 1.66.